The Balaban J connectivity index is 1.53. The lowest BCUT2D eigenvalue weighted by Gasteiger charge is -2.40. The number of fused-ring (bicyclic) bond motifs is 2. The van der Waals surface area contributed by atoms with Crippen molar-refractivity contribution in [3.8, 4) is 11.5 Å². The second-order valence-corrected chi connectivity index (χ2v) is 11.8. The Morgan fingerprint density at radius 1 is 1.18 bits per heavy atom. The molecule has 0 spiro atoms. The Hall–Kier alpha value is -2.74. The number of sulfonamides is 1. The molecule has 0 saturated heterocycles. The molecule has 1 fully saturated rings. The summed E-state index contributed by atoms with van der Waals surface area (Å²) in [6.07, 6.45) is 5.19. The minimum atomic E-state index is -4.05. The summed E-state index contributed by atoms with van der Waals surface area (Å²) in [5.74, 6) is 0.361. The van der Waals surface area contributed by atoms with Crippen LogP contribution in [-0.2, 0) is 21.2 Å². The Labute approximate surface area is 201 Å². The Morgan fingerprint density at radius 2 is 1.97 bits per heavy atom. The van der Waals surface area contributed by atoms with Gasteiger partial charge < -0.3 is 14.8 Å². The Kier molecular flexibility index (Phi) is 5.74. The number of nitrogens with one attached hydrogen (secondary N) is 2. The second-order valence-electron chi connectivity index (χ2n) is 10.1. The SMILES string of the molecule is COc1ccc(C2CCC2)c2c1C(C(=O)NS(=O)(=O)c1cccc3c1CCCN3)CC(C)(C)O2. The molecule has 0 radical (unpaired) electrons. The van der Waals surface area contributed by atoms with Gasteiger partial charge in [-0.3, -0.25) is 4.79 Å². The fraction of sp³-hybridized carbons (Fsp3) is 0.500. The second kappa shape index (κ2) is 8.48. The largest absolute Gasteiger partial charge is 0.496 e. The van der Waals surface area contributed by atoms with Gasteiger partial charge in [-0.25, -0.2) is 13.1 Å². The van der Waals surface area contributed by atoms with Gasteiger partial charge >= 0.3 is 0 Å². The predicted molar refractivity (Wildman–Crippen MR) is 130 cm³/mol. The highest BCUT2D eigenvalue weighted by Gasteiger charge is 2.43. The van der Waals surface area contributed by atoms with Crippen LogP contribution in [0.1, 0.15) is 74.5 Å². The number of hydrogen-bond donors (Lipinski definition) is 2. The van der Waals surface area contributed by atoms with Crippen molar-refractivity contribution in [3.05, 3.63) is 47.0 Å². The van der Waals surface area contributed by atoms with Gasteiger partial charge in [-0.05, 0) is 74.8 Å². The molecule has 1 atom stereocenters. The van der Waals surface area contributed by atoms with Crippen LogP contribution in [0.15, 0.2) is 35.2 Å². The molecule has 5 rings (SSSR count). The molecule has 0 bridgehead atoms. The topological polar surface area (TPSA) is 93.7 Å². The first-order valence-corrected chi connectivity index (χ1v) is 13.5. The summed E-state index contributed by atoms with van der Waals surface area (Å²) in [4.78, 5) is 13.8. The van der Waals surface area contributed by atoms with Crippen molar-refractivity contribution in [2.45, 2.75) is 74.7 Å². The summed E-state index contributed by atoms with van der Waals surface area (Å²) >= 11 is 0. The van der Waals surface area contributed by atoms with Crippen LogP contribution in [0.3, 0.4) is 0 Å². The van der Waals surface area contributed by atoms with Crippen LogP contribution in [-0.4, -0.2) is 33.6 Å². The zero-order chi connectivity index (χ0) is 24.1. The maximum absolute atomic E-state index is 13.6. The first-order chi connectivity index (χ1) is 16.2. The van der Waals surface area contributed by atoms with Gasteiger partial charge in [-0.1, -0.05) is 18.6 Å². The number of anilines is 1. The number of methoxy groups -OCH3 is 1. The monoisotopic (exact) mass is 484 g/mol. The van der Waals surface area contributed by atoms with Crippen molar-refractivity contribution in [2.75, 3.05) is 19.0 Å². The van der Waals surface area contributed by atoms with E-state index in [9.17, 15) is 13.2 Å². The average Bonchev–Trinajstić information content (AvgIpc) is 2.76. The summed E-state index contributed by atoms with van der Waals surface area (Å²) in [7, 11) is -2.49. The molecular weight excluding hydrogens is 452 g/mol. The quantitative estimate of drug-likeness (QED) is 0.650. The first kappa shape index (κ1) is 23.0. The number of amides is 1. The van der Waals surface area contributed by atoms with Crippen LogP contribution < -0.4 is 19.5 Å². The van der Waals surface area contributed by atoms with Crippen LogP contribution >= 0.6 is 0 Å². The van der Waals surface area contributed by atoms with Crippen LogP contribution in [0.5, 0.6) is 11.5 Å². The summed E-state index contributed by atoms with van der Waals surface area (Å²) in [5.41, 5.74) is 2.64. The van der Waals surface area contributed by atoms with Crippen LogP contribution in [0.25, 0.3) is 0 Å². The minimum absolute atomic E-state index is 0.160. The highest BCUT2D eigenvalue weighted by atomic mass is 32.2. The fourth-order valence-electron chi connectivity index (χ4n) is 5.38. The summed E-state index contributed by atoms with van der Waals surface area (Å²) in [6.45, 7) is 4.68. The molecule has 34 heavy (non-hydrogen) atoms. The molecule has 2 aromatic carbocycles. The zero-order valence-corrected chi connectivity index (χ0v) is 20.8. The molecule has 1 aliphatic carbocycles. The van der Waals surface area contributed by atoms with Gasteiger partial charge in [0.05, 0.1) is 17.9 Å². The molecule has 2 heterocycles. The molecule has 2 aromatic rings. The Morgan fingerprint density at radius 3 is 2.68 bits per heavy atom. The van der Waals surface area contributed by atoms with E-state index in [-0.39, 0.29) is 4.90 Å². The van der Waals surface area contributed by atoms with Gasteiger partial charge in [-0.15, -0.1) is 0 Å². The molecule has 2 N–H and O–H groups in total. The molecule has 8 heteroatoms. The van der Waals surface area contributed by atoms with E-state index in [1.54, 1.807) is 19.2 Å². The molecular formula is C26H32N2O5S. The predicted octanol–water partition coefficient (Wildman–Crippen LogP) is 4.47. The van der Waals surface area contributed by atoms with E-state index in [2.05, 4.69) is 10.0 Å². The lowest BCUT2D eigenvalue weighted by atomic mass is 9.75. The third kappa shape index (κ3) is 4.02. The van der Waals surface area contributed by atoms with Crippen molar-refractivity contribution >= 4 is 21.6 Å². The van der Waals surface area contributed by atoms with Gasteiger partial charge in [0, 0.05) is 24.2 Å². The molecule has 1 amide bonds. The van der Waals surface area contributed by atoms with E-state index in [4.69, 9.17) is 9.47 Å². The molecule has 0 aromatic heterocycles. The molecule has 182 valence electrons. The summed E-state index contributed by atoms with van der Waals surface area (Å²) in [6, 6.07) is 9.05. The number of ether oxygens (including phenoxy) is 2. The first-order valence-electron chi connectivity index (χ1n) is 12.0. The van der Waals surface area contributed by atoms with E-state index in [1.807, 2.05) is 32.0 Å². The maximum atomic E-state index is 13.6. The van der Waals surface area contributed by atoms with Gasteiger partial charge in [0.25, 0.3) is 10.0 Å². The van der Waals surface area contributed by atoms with E-state index in [0.29, 0.717) is 35.8 Å². The van der Waals surface area contributed by atoms with Crippen LogP contribution in [0.4, 0.5) is 5.69 Å². The number of rotatable bonds is 5. The number of hydrogen-bond acceptors (Lipinski definition) is 6. The van der Waals surface area contributed by atoms with E-state index >= 15 is 0 Å². The van der Waals surface area contributed by atoms with Gasteiger partial charge in [0.15, 0.2) is 0 Å². The van der Waals surface area contributed by atoms with Crippen LogP contribution in [0, 0.1) is 0 Å². The van der Waals surface area contributed by atoms with Crippen molar-refractivity contribution in [3.63, 3.8) is 0 Å². The molecule has 2 aliphatic heterocycles. The Bertz CT molecular complexity index is 1230. The lowest BCUT2D eigenvalue weighted by molar-refractivity contribution is -0.122. The summed E-state index contributed by atoms with van der Waals surface area (Å²) < 4.78 is 41.2. The smallest absolute Gasteiger partial charge is 0.264 e. The van der Waals surface area contributed by atoms with Crippen molar-refractivity contribution in [2.24, 2.45) is 0 Å². The highest BCUT2D eigenvalue weighted by molar-refractivity contribution is 7.90. The normalized spacial score (nSPS) is 21.2. The standard InChI is InChI=1S/C26H32N2O5S/c1-26(2)15-19(23-21(32-3)13-12-17(24(23)33-26)16-7-4-8-16)25(29)28-34(30,31)22-11-5-10-20-18(22)9-6-14-27-20/h5,10-13,16,19,27H,4,6-9,14-15H2,1-3H3,(H,28,29). The van der Waals surface area contributed by atoms with Gasteiger partial charge in [-0.2, -0.15) is 0 Å². The zero-order valence-electron chi connectivity index (χ0n) is 19.9. The maximum Gasteiger partial charge on any atom is 0.264 e. The van der Waals surface area contributed by atoms with Crippen LogP contribution in [0.2, 0.25) is 0 Å². The number of benzene rings is 2. The molecule has 1 unspecified atom stereocenters. The lowest BCUT2D eigenvalue weighted by Crippen LogP contribution is -2.43. The van der Waals surface area contributed by atoms with E-state index in [1.165, 1.54) is 6.42 Å². The highest BCUT2D eigenvalue weighted by Crippen LogP contribution is 2.52. The van der Waals surface area contributed by atoms with Crippen molar-refractivity contribution in [1.29, 1.82) is 0 Å². The van der Waals surface area contributed by atoms with Crippen molar-refractivity contribution < 1.29 is 22.7 Å². The number of carbonyl (C=O) groups excluding carboxylic acids is 1. The van der Waals surface area contributed by atoms with Gasteiger partial charge in [0.1, 0.15) is 17.1 Å². The average molecular weight is 485 g/mol. The third-order valence-corrected chi connectivity index (χ3v) is 8.70. The van der Waals surface area contributed by atoms with Gasteiger partial charge in [0.2, 0.25) is 5.91 Å². The minimum Gasteiger partial charge on any atom is -0.496 e. The van der Waals surface area contributed by atoms with E-state index < -0.39 is 27.4 Å². The summed E-state index contributed by atoms with van der Waals surface area (Å²) in [5, 5.41) is 3.25. The number of carbonyl (C=O) groups is 1. The van der Waals surface area contributed by atoms with E-state index in [0.717, 1.165) is 42.6 Å². The molecule has 3 aliphatic rings. The third-order valence-electron chi connectivity index (χ3n) is 7.27. The molecule has 1 saturated carbocycles. The fourth-order valence-corrected chi connectivity index (χ4v) is 6.70. The van der Waals surface area contributed by atoms with Crippen molar-refractivity contribution in [1.82, 2.24) is 4.72 Å². The molecule has 7 nitrogen and oxygen atoms in total.